The van der Waals surface area contributed by atoms with Crippen molar-refractivity contribution in [3.05, 3.63) is 39.9 Å². The maximum absolute atomic E-state index is 12.6. The van der Waals surface area contributed by atoms with Crippen molar-refractivity contribution in [2.24, 2.45) is 0 Å². The second kappa shape index (κ2) is 13.4. The van der Waals surface area contributed by atoms with Gasteiger partial charge in [-0.3, -0.25) is 14.5 Å². The van der Waals surface area contributed by atoms with Gasteiger partial charge < -0.3 is 19.6 Å². The van der Waals surface area contributed by atoms with Crippen molar-refractivity contribution in [1.29, 1.82) is 0 Å². The van der Waals surface area contributed by atoms with Crippen LogP contribution >= 0.6 is 23.2 Å². The predicted octanol–water partition coefficient (Wildman–Crippen LogP) is 3.32. The number of rotatable bonds is 9. The van der Waals surface area contributed by atoms with E-state index in [0.717, 1.165) is 37.8 Å². The molecule has 2 saturated heterocycles. The van der Waals surface area contributed by atoms with E-state index in [0.29, 0.717) is 61.8 Å². The molecule has 0 radical (unpaired) electrons. The molecule has 2 atom stereocenters. The fraction of sp³-hybridized carbons (Fsp3) is 0.600. The number of aliphatic hydroxyl groups excluding tert-OH is 1. The molecule has 0 unspecified atom stereocenters. The molecule has 0 spiro atoms. The van der Waals surface area contributed by atoms with Crippen molar-refractivity contribution in [2.75, 3.05) is 53.0 Å². The summed E-state index contributed by atoms with van der Waals surface area (Å²) in [6, 6.07) is 5.56. The third kappa shape index (κ3) is 7.95. The predicted molar refractivity (Wildman–Crippen MR) is 135 cm³/mol. The van der Waals surface area contributed by atoms with Crippen LogP contribution in [-0.2, 0) is 14.3 Å². The molecule has 9 heteroatoms. The van der Waals surface area contributed by atoms with Crippen LogP contribution < -0.4 is 0 Å². The average molecular weight is 512 g/mol. The summed E-state index contributed by atoms with van der Waals surface area (Å²) in [5.74, 6) is -0.0250. The van der Waals surface area contributed by atoms with Crippen molar-refractivity contribution in [1.82, 2.24) is 14.7 Å². The minimum Gasteiger partial charge on any atom is -0.392 e. The molecule has 1 aromatic rings. The number of benzene rings is 1. The Morgan fingerprint density at radius 1 is 1.15 bits per heavy atom. The van der Waals surface area contributed by atoms with Gasteiger partial charge in [0, 0.05) is 58.4 Å². The number of hydrogen-bond acceptors (Lipinski definition) is 5. The molecule has 188 valence electrons. The number of unbranched alkanes of at least 4 members (excludes halogenated alkanes) is 1. The van der Waals surface area contributed by atoms with E-state index >= 15 is 0 Å². The van der Waals surface area contributed by atoms with Crippen LogP contribution in [0.1, 0.15) is 37.7 Å². The molecule has 2 heterocycles. The molecule has 2 aliphatic rings. The first-order valence-electron chi connectivity index (χ1n) is 12.0. The maximum atomic E-state index is 12.6. The smallest absolute Gasteiger partial charge is 0.246 e. The van der Waals surface area contributed by atoms with Crippen LogP contribution in [0.2, 0.25) is 10.0 Å². The summed E-state index contributed by atoms with van der Waals surface area (Å²) in [5.41, 5.74) is 0.796. The van der Waals surface area contributed by atoms with Gasteiger partial charge in [-0.05, 0) is 56.0 Å². The Labute approximate surface area is 212 Å². The van der Waals surface area contributed by atoms with Gasteiger partial charge >= 0.3 is 0 Å². The fourth-order valence-corrected chi connectivity index (χ4v) is 4.87. The molecule has 0 aliphatic carbocycles. The number of likely N-dealkylation sites (tertiary alicyclic amines) is 1. The quantitative estimate of drug-likeness (QED) is 0.406. The SMILES string of the molecule is COC[C@@H]1CC[C@@H](O)CN1CCCCN1CCN(C(=O)/C=C/c2ccc(Cl)c(Cl)c2)CCC1=O. The molecule has 3 rings (SSSR count). The number of carbonyl (C=O) groups is 2. The molecular formula is C25H35Cl2N3O4. The first kappa shape index (κ1) is 27.0. The Morgan fingerprint density at radius 3 is 2.71 bits per heavy atom. The third-order valence-corrected chi connectivity index (χ3v) is 7.28. The number of β-amino-alcohol motifs (C(OH)–C–C–N with tert-alkyl or cyclic N) is 1. The van der Waals surface area contributed by atoms with Crippen LogP contribution in [0.15, 0.2) is 24.3 Å². The van der Waals surface area contributed by atoms with Gasteiger partial charge in [-0.2, -0.15) is 0 Å². The van der Waals surface area contributed by atoms with Crippen LogP contribution in [0.4, 0.5) is 0 Å². The number of nitrogens with zero attached hydrogens (tertiary/aromatic N) is 3. The topological polar surface area (TPSA) is 73.3 Å². The van der Waals surface area contributed by atoms with Crippen molar-refractivity contribution < 1.29 is 19.4 Å². The van der Waals surface area contributed by atoms with Gasteiger partial charge in [0.15, 0.2) is 0 Å². The van der Waals surface area contributed by atoms with E-state index in [2.05, 4.69) is 4.90 Å². The van der Waals surface area contributed by atoms with Crippen LogP contribution in [-0.4, -0.2) is 96.8 Å². The number of amides is 2. The number of piperidine rings is 1. The highest BCUT2D eigenvalue weighted by atomic mass is 35.5. The highest BCUT2D eigenvalue weighted by Crippen LogP contribution is 2.23. The zero-order valence-corrected chi connectivity index (χ0v) is 21.3. The van der Waals surface area contributed by atoms with Gasteiger partial charge in [0.05, 0.1) is 22.8 Å². The summed E-state index contributed by atoms with van der Waals surface area (Å²) < 4.78 is 5.33. The van der Waals surface area contributed by atoms with Crippen molar-refractivity contribution in [2.45, 2.75) is 44.2 Å². The molecule has 7 nitrogen and oxygen atoms in total. The van der Waals surface area contributed by atoms with Gasteiger partial charge in [-0.25, -0.2) is 0 Å². The Hall–Kier alpha value is -1.64. The zero-order valence-electron chi connectivity index (χ0n) is 19.8. The lowest BCUT2D eigenvalue weighted by molar-refractivity contribution is -0.130. The Balaban J connectivity index is 1.43. The lowest BCUT2D eigenvalue weighted by Crippen LogP contribution is -2.48. The van der Waals surface area contributed by atoms with E-state index in [1.807, 2.05) is 4.90 Å². The lowest BCUT2D eigenvalue weighted by atomic mass is 10.00. The Kier molecular flexibility index (Phi) is 10.7. The van der Waals surface area contributed by atoms with E-state index in [9.17, 15) is 14.7 Å². The number of ether oxygens (including phenoxy) is 1. The minimum atomic E-state index is -0.269. The highest BCUT2D eigenvalue weighted by Gasteiger charge is 2.27. The van der Waals surface area contributed by atoms with Crippen LogP contribution in [0, 0.1) is 0 Å². The van der Waals surface area contributed by atoms with E-state index in [-0.39, 0.29) is 17.9 Å². The Morgan fingerprint density at radius 2 is 1.94 bits per heavy atom. The number of hydrogen-bond donors (Lipinski definition) is 1. The lowest BCUT2D eigenvalue weighted by Gasteiger charge is -2.37. The van der Waals surface area contributed by atoms with Crippen molar-refractivity contribution >= 4 is 41.1 Å². The first-order chi connectivity index (χ1) is 16.4. The highest BCUT2D eigenvalue weighted by molar-refractivity contribution is 6.42. The summed E-state index contributed by atoms with van der Waals surface area (Å²) in [6.07, 6.45) is 6.91. The molecule has 2 amide bonds. The van der Waals surface area contributed by atoms with E-state index < -0.39 is 0 Å². The molecular weight excluding hydrogens is 477 g/mol. The molecule has 2 fully saturated rings. The molecule has 2 aliphatic heterocycles. The number of carbonyl (C=O) groups excluding carboxylic acids is 2. The van der Waals surface area contributed by atoms with Gasteiger partial charge in [-0.15, -0.1) is 0 Å². The monoisotopic (exact) mass is 511 g/mol. The van der Waals surface area contributed by atoms with Gasteiger partial charge in [0.1, 0.15) is 0 Å². The summed E-state index contributed by atoms with van der Waals surface area (Å²) in [5, 5.41) is 10.9. The van der Waals surface area contributed by atoms with Gasteiger partial charge in [0.2, 0.25) is 11.8 Å². The van der Waals surface area contributed by atoms with E-state index in [1.54, 1.807) is 36.3 Å². The normalized spacial score (nSPS) is 22.4. The molecule has 0 saturated carbocycles. The molecule has 0 aromatic heterocycles. The molecule has 34 heavy (non-hydrogen) atoms. The first-order valence-corrected chi connectivity index (χ1v) is 12.7. The number of halogens is 2. The average Bonchev–Trinajstić information content (AvgIpc) is 3.00. The summed E-state index contributed by atoms with van der Waals surface area (Å²) in [6.45, 7) is 4.42. The zero-order chi connectivity index (χ0) is 24.5. The maximum Gasteiger partial charge on any atom is 0.246 e. The van der Waals surface area contributed by atoms with Crippen molar-refractivity contribution in [3.8, 4) is 0 Å². The van der Waals surface area contributed by atoms with Crippen LogP contribution in [0.25, 0.3) is 6.08 Å². The largest absolute Gasteiger partial charge is 0.392 e. The Bertz CT molecular complexity index is 867. The van der Waals surface area contributed by atoms with Gasteiger partial charge in [0.25, 0.3) is 0 Å². The van der Waals surface area contributed by atoms with E-state index in [4.69, 9.17) is 27.9 Å². The molecule has 1 N–H and O–H groups in total. The summed E-state index contributed by atoms with van der Waals surface area (Å²) in [4.78, 5) is 31.1. The second-order valence-electron chi connectivity index (χ2n) is 9.01. The molecule has 1 aromatic carbocycles. The summed E-state index contributed by atoms with van der Waals surface area (Å²) >= 11 is 12.0. The third-order valence-electron chi connectivity index (χ3n) is 6.54. The van der Waals surface area contributed by atoms with Gasteiger partial charge in [-0.1, -0.05) is 29.3 Å². The van der Waals surface area contributed by atoms with Crippen LogP contribution in [0.5, 0.6) is 0 Å². The standard InChI is InChI=1S/C25H35Cl2N3O4/c1-34-18-20-6-7-21(31)17-30(20)12-3-2-11-28-14-15-29(13-10-25(28)33)24(32)9-5-19-4-8-22(26)23(27)16-19/h4-5,8-9,16,20-21,31H,2-3,6-7,10-15,17-18H2,1H3/b9-5+/t20-,21+/m0/s1. The van der Waals surface area contributed by atoms with Crippen molar-refractivity contribution in [3.63, 3.8) is 0 Å². The van der Waals surface area contributed by atoms with Crippen LogP contribution in [0.3, 0.4) is 0 Å². The number of aliphatic hydroxyl groups is 1. The van der Waals surface area contributed by atoms with E-state index in [1.165, 1.54) is 6.08 Å². The number of methoxy groups -OCH3 is 1. The summed E-state index contributed by atoms with van der Waals surface area (Å²) in [7, 11) is 1.71. The fourth-order valence-electron chi connectivity index (χ4n) is 4.56. The minimum absolute atomic E-state index is 0.0921. The second-order valence-corrected chi connectivity index (χ2v) is 9.82. The molecule has 0 bridgehead atoms.